The van der Waals surface area contributed by atoms with Crippen LogP contribution in [0.2, 0.25) is 0 Å². The van der Waals surface area contributed by atoms with Crippen molar-refractivity contribution in [3.05, 3.63) is 71.5 Å². The SMILES string of the molecule is COc1ccc(COc2ccc(-c3nccc(C(=O)O)n3)cc2)c(C#N)c1. The Hall–Kier alpha value is -3.92. The Morgan fingerprint density at radius 1 is 1.15 bits per heavy atom. The standard InChI is InChI=1S/C20H15N3O4/c1-26-17-7-4-14(15(10-17)11-21)12-27-16-5-2-13(3-6-16)19-22-9-8-18(23-19)20(24)25/h2-10H,12H2,1H3,(H,24,25). The van der Waals surface area contributed by atoms with Crippen molar-refractivity contribution in [2.75, 3.05) is 7.11 Å². The molecule has 3 rings (SSSR count). The number of ether oxygens (including phenoxy) is 2. The summed E-state index contributed by atoms with van der Waals surface area (Å²) in [6.07, 6.45) is 1.41. The van der Waals surface area contributed by atoms with Gasteiger partial charge in [0.15, 0.2) is 11.5 Å². The molecular formula is C20H15N3O4. The molecule has 0 atom stereocenters. The number of carbonyl (C=O) groups is 1. The summed E-state index contributed by atoms with van der Waals surface area (Å²) in [6.45, 7) is 0.233. The third-order valence-electron chi connectivity index (χ3n) is 3.82. The number of hydrogen-bond donors (Lipinski definition) is 1. The highest BCUT2D eigenvalue weighted by atomic mass is 16.5. The Morgan fingerprint density at radius 3 is 2.56 bits per heavy atom. The first-order valence-corrected chi connectivity index (χ1v) is 7.97. The van der Waals surface area contributed by atoms with E-state index < -0.39 is 5.97 Å². The number of hydrogen-bond acceptors (Lipinski definition) is 6. The molecule has 0 unspecified atom stereocenters. The van der Waals surface area contributed by atoms with E-state index in [0.29, 0.717) is 28.5 Å². The highest BCUT2D eigenvalue weighted by molar-refractivity contribution is 5.85. The highest BCUT2D eigenvalue weighted by Gasteiger charge is 2.09. The first-order chi connectivity index (χ1) is 13.1. The van der Waals surface area contributed by atoms with Gasteiger partial charge in [0.25, 0.3) is 0 Å². The molecule has 0 saturated heterocycles. The van der Waals surface area contributed by atoms with Gasteiger partial charge in [0.1, 0.15) is 18.1 Å². The molecule has 7 heteroatoms. The number of aromatic nitrogens is 2. The van der Waals surface area contributed by atoms with Crippen LogP contribution >= 0.6 is 0 Å². The van der Waals surface area contributed by atoms with Crippen LogP contribution in [0.5, 0.6) is 11.5 Å². The summed E-state index contributed by atoms with van der Waals surface area (Å²) in [4.78, 5) is 19.1. The molecule has 1 N–H and O–H groups in total. The topological polar surface area (TPSA) is 105 Å². The smallest absolute Gasteiger partial charge is 0.354 e. The van der Waals surface area contributed by atoms with Gasteiger partial charge >= 0.3 is 5.97 Å². The Morgan fingerprint density at radius 2 is 1.89 bits per heavy atom. The summed E-state index contributed by atoms with van der Waals surface area (Å²) in [5.41, 5.74) is 1.85. The predicted octanol–water partition coefficient (Wildman–Crippen LogP) is 3.30. The molecule has 2 aromatic carbocycles. The maximum absolute atomic E-state index is 11.0. The third kappa shape index (κ3) is 4.19. The van der Waals surface area contributed by atoms with E-state index in [-0.39, 0.29) is 12.3 Å². The number of carboxylic acid groups (broad SMARTS) is 1. The van der Waals surface area contributed by atoms with Crippen LogP contribution in [0.3, 0.4) is 0 Å². The second-order valence-electron chi connectivity index (χ2n) is 5.52. The van der Waals surface area contributed by atoms with E-state index in [2.05, 4.69) is 16.0 Å². The normalized spacial score (nSPS) is 10.1. The first kappa shape index (κ1) is 17.9. The zero-order valence-corrected chi connectivity index (χ0v) is 14.4. The third-order valence-corrected chi connectivity index (χ3v) is 3.82. The average Bonchev–Trinajstić information content (AvgIpc) is 2.72. The number of carboxylic acids is 1. The van der Waals surface area contributed by atoms with Crippen molar-refractivity contribution in [3.8, 4) is 29.0 Å². The molecule has 0 aliphatic carbocycles. The molecule has 27 heavy (non-hydrogen) atoms. The molecular weight excluding hydrogens is 346 g/mol. The lowest BCUT2D eigenvalue weighted by Gasteiger charge is -2.09. The Balaban J connectivity index is 1.73. The fraction of sp³-hybridized carbons (Fsp3) is 0.100. The van der Waals surface area contributed by atoms with E-state index in [0.717, 1.165) is 5.56 Å². The molecule has 1 heterocycles. The summed E-state index contributed by atoms with van der Waals surface area (Å²) >= 11 is 0. The van der Waals surface area contributed by atoms with Crippen LogP contribution in [-0.2, 0) is 6.61 Å². The van der Waals surface area contributed by atoms with E-state index in [1.54, 1.807) is 49.6 Å². The largest absolute Gasteiger partial charge is 0.497 e. The molecule has 0 radical (unpaired) electrons. The second-order valence-corrected chi connectivity index (χ2v) is 5.52. The van der Waals surface area contributed by atoms with E-state index in [1.165, 1.54) is 12.3 Å². The van der Waals surface area contributed by atoms with Crippen molar-refractivity contribution in [3.63, 3.8) is 0 Å². The van der Waals surface area contributed by atoms with Crippen LogP contribution in [0.4, 0.5) is 0 Å². The molecule has 1 aromatic heterocycles. The number of methoxy groups -OCH3 is 1. The van der Waals surface area contributed by atoms with Crippen LogP contribution in [0.1, 0.15) is 21.6 Å². The molecule has 0 aliphatic heterocycles. The lowest BCUT2D eigenvalue weighted by Crippen LogP contribution is -2.02. The van der Waals surface area contributed by atoms with E-state index in [4.69, 9.17) is 14.6 Å². The molecule has 0 aliphatic rings. The average molecular weight is 361 g/mol. The molecule has 7 nitrogen and oxygen atoms in total. The molecule has 0 fully saturated rings. The zero-order valence-electron chi connectivity index (χ0n) is 14.4. The maximum Gasteiger partial charge on any atom is 0.354 e. The van der Waals surface area contributed by atoms with Crippen molar-refractivity contribution >= 4 is 5.97 Å². The summed E-state index contributed by atoms with van der Waals surface area (Å²) in [5, 5.41) is 18.3. The van der Waals surface area contributed by atoms with Crippen LogP contribution in [0.15, 0.2) is 54.7 Å². The van der Waals surface area contributed by atoms with E-state index >= 15 is 0 Å². The lowest BCUT2D eigenvalue weighted by molar-refractivity contribution is 0.0690. The zero-order chi connectivity index (χ0) is 19.2. The number of nitrogens with zero attached hydrogens (tertiary/aromatic N) is 3. The minimum atomic E-state index is -1.11. The Labute approximate surface area is 155 Å². The number of nitriles is 1. The van der Waals surface area contributed by atoms with Gasteiger partial charge in [-0.25, -0.2) is 14.8 Å². The van der Waals surface area contributed by atoms with E-state index in [9.17, 15) is 10.1 Å². The first-order valence-electron chi connectivity index (χ1n) is 7.97. The quantitative estimate of drug-likeness (QED) is 0.718. The Bertz CT molecular complexity index is 1010. The molecule has 134 valence electrons. The molecule has 3 aromatic rings. The van der Waals surface area contributed by atoms with Gasteiger partial charge in [-0.2, -0.15) is 5.26 Å². The van der Waals surface area contributed by atoms with Crippen LogP contribution in [0.25, 0.3) is 11.4 Å². The van der Waals surface area contributed by atoms with Crippen molar-refractivity contribution in [2.45, 2.75) is 6.61 Å². The highest BCUT2D eigenvalue weighted by Crippen LogP contribution is 2.22. The van der Waals surface area contributed by atoms with Crippen molar-refractivity contribution in [1.82, 2.24) is 9.97 Å². The summed E-state index contributed by atoms with van der Waals surface area (Å²) in [6, 6.07) is 15.7. The number of benzene rings is 2. The van der Waals surface area contributed by atoms with Crippen molar-refractivity contribution in [1.29, 1.82) is 5.26 Å². The summed E-state index contributed by atoms with van der Waals surface area (Å²) in [5.74, 6) is 0.436. The second kappa shape index (κ2) is 7.97. The van der Waals surface area contributed by atoms with Crippen molar-refractivity contribution < 1.29 is 19.4 Å². The summed E-state index contributed by atoms with van der Waals surface area (Å²) in [7, 11) is 1.55. The van der Waals surface area contributed by atoms with Gasteiger partial charge in [-0.15, -0.1) is 0 Å². The van der Waals surface area contributed by atoms with Crippen LogP contribution < -0.4 is 9.47 Å². The van der Waals surface area contributed by atoms with Gasteiger partial charge in [-0.3, -0.25) is 0 Å². The van der Waals surface area contributed by atoms with Gasteiger partial charge in [0.05, 0.1) is 18.7 Å². The molecule has 0 amide bonds. The van der Waals surface area contributed by atoms with Gasteiger partial charge in [-0.05, 0) is 42.5 Å². The maximum atomic E-state index is 11.0. The minimum absolute atomic E-state index is 0.0659. The van der Waals surface area contributed by atoms with E-state index in [1.807, 2.05) is 0 Å². The fourth-order valence-electron chi connectivity index (χ4n) is 2.39. The minimum Gasteiger partial charge on any atom is -0.497 e. The van der Waals surface area contributed by atoms with Crippen molar-refractivity contribution in [2.24, 2.45) is 0 Å². The fourth-order valence-corrected chi connectivity index (χ4v) is 2.39. The van der Waals surface area contributed by atoms with Gasteiger partial charge in [0.2, 0.25) is 0 Å². The van der Waals surface area contributed by atoms with Gasteiger partial charge in [-0.1, -0.05) is 6.07 Å². The molecule has 0 saturated carbocycles. The van der Waals surface area contributed by atoms with Crippen LogP contribution in [-0.4, -0.2) is 28.2 Å². The lowest BCUT2D eigenvalue weighted by atomic mass is 10.1. The molecule has 0 bridgehead atoms. The number of aromatic carboxylic acids is 1. The molecule has 0 spiro atoms. The van der Waals surface area contributed by atoms with Crippen LogP contribution in [0, 0.1) is 11.3 Å². The predicted molar refractivity (Wildman–Crippen MR) is 96.5 cm³/mol. The van der Waals surface area contributed by atoms with Gasteiger partial charge < -0.3 is 14.6 Å². The van der Waals surface area contributed by atoms with Gasteiger partial charge in [0, 0.05) is 17.3 Å². The Kier molecular flexibility index (Phi) is 5.28. The monoisotopic (exact) mass is 361 g/mol. The number of rotatable bonds is 6. The summed E-state index contributed by atoms with van der Waals surface area (Å²) < 4.78 is 10.8.